The van der Waals surface area contributed by atoms with Crippen molar-refractivity contribution in [3.8, 4) is 23.0 Å². The molecule has 0 saturated carbocycles. The molecule has 5 rings (SSSR count). The molecule has 4 heterocycles. The minimum atomic E-state index is -6.10. The summed E-state index contributed by atoms with van der Waals surface area (Å²) in [4.78, 5) is 29.0. The van der Waals surface area contributed by atoms with Gasteiger partial charge in [0.15, 0.2) is 5.65 Å². The van der Waals surface area contributed by atoms with Gasteiger partial charge in [-0.2, -0.15) is 31.6 Å². The molecule has 1 aromatic carbocycles. The Bertz CT molecular complexity index is 1720. The number of fused-ring (bicyclic) bond motifs is 1. The molecule has 1 aliphatic heterocycles. The number of aliphatic hydroxyl groups is 1. The Morgan fingerprint density at radius 1 is 1.00 bits per heavy atom. The number of nitrogens with zero attached hydrogens (tertiary/aromatic N) is 7. The number of hydrogen-bond acceptors (Lipinski definition) is 7. The van der Waals surface area contributed by atoms with E-state index < -0.39 is 42.4 Å². The predicted molar refractivity (Wildman–Crippen MR) is 146 cm³/mol. The third kappa shape index (κ3) is 5.30. The van der Waals surface area contributed by atoms with Crippen LogP contribution in [0.1, 0.15) is 25.8 Å². The summed E-state index contributed by atoms with van der Waals surface area (Å²) >= 11 is 0. The number of amides is 1. The van der Waals surface area contributed by atoms with Crippen LogP contribution in [0.15, 0.2) is 61.2 Å². The monoisotopic (exact) mass is 617 g/mol. The summed E-state index contributed by atoms with van der Waals surface area (Å²) in [6.45, 7) is 2.94. The molecule has 0 unspecified atom stereocenters. The lowest BCUT2D eigenvalue weighted by Gasteiger charge is -2.45. The van der Waals surface area contributed by atoms with Gasteiger partial charge in [0.25, 0.3) is 5.60 Å². The van der Waals surface area contributed by atoms with Crippen LogP contribution in [0.3, 0.4) is 0 Å². The standard InChI is InChI=1S/C29H25F6N7O2/c1-17-14-41(18(2)13-40(17)23(43)11-27(44,28(30,31)32)29(33,34)35)25-24-21(20-6-4-3-5-7-20)15-42(26(24)39-16-38-25)22-10-19(12-36)8-9-37-22/h3-10,15-18,44H,11,13-14H2,1-2H3/t17-,18+/m1/s1. The summed E-state index contributed by atoms with van der Waals surface area (Å²) in [5.41, 5.74) is -2.86. The van der Waals surface area contributed by atoms with E-state index in [1.165, 1.54) is 19.4 Å². The maximum atomic E-state index is 13.3. The summed E-state index contributed by atoms with van der Waals surface area (Å²) in [7, 11) is 0. The molecule has 2 atom stereocenters. The number of carbonyl (C=O) groups is 1. The van der Waals surface area contributed by atoms with E-state index in [-0.39, 0.29) is 13.1 Å². The molecule has 15 heteroatoms. The van der Waals surface area contributed by atoms with Gasteiger partial charge in [-0.15, -0.1) is 0 Å². The lowest BCUT2D eigenvalue weighted by Crippen LogP contribution is -2.63. The van der Waals surface area contributed by atoms with Gasteiger partial charge in [-0.1, -0.05) is 30.3 Å². The van der Waals surface area contributed by atoms with Gasteiger partial charge in [-0.05, 0) is 31.5 Å². The molecule has 0 radical (unpaired) electrons. The number of pyridine rings is 1. The summed E-state index contributed by atoms with van der Waals surface area (Å²) in [5, 5.41) is 19.6. The first-order chi connectivity index (χ1) is 20.7. The van der Waals surface area contributed by atoms with Crippen LogP contribution in [0.5, 0.6) is 0 Å². The minimum absolute atomic E-state index is 0.0110. The second kappa shape index (κ2) is 11.1. The van der Waals surface area contributed by atoms with Crippen molar-refractivity contribution in [3.05, 3.63) is 66.7 Å². The second-order valence-electron chi connectivity index (χ2n) is 10.6. The van der Waals surface area contributed by atoms with Gasteiger partial charge in [0.05, 0.1) is 23.4 Å². The molecule has 0 aliphatic carbocycles. The van der Waals surface area contributed by atoms with Crippen molar-refractivity contribution in [1.29, 1.82) is 5.26 Å². The van der Waals surface area contributed by atoms with Crippen LogP contribution in [-0.4, -0.2) is 78.6 Å². The number of benzene rings is 1. The SMILES string of the molecule is C[C@@H]1CN(c2ncnc3c2c(-c2ccccc2)cn3-c2cc(C#N)ccn2)[C@@H](C)CN1C(=O)CC(O)(C(F)(F)F)C(F)(F)F. The summed E-state index contributed by atoms with van der Waals surface area (Å²) in [6, 6.07) is 13.1. The number of alkyl halides is 6. The van der Waals surface area contributed by atoms with E-state index >= 15 is 0 Å². The zero-order chi connectivity index (χ0) is 32.0. The second-order valence-corrected chi connectivity index (χ2v) is 10.6. The van der Waals surface area contributed by atoms with Crippen molar-refractivity contribution in [2.75, 3.05) is 18.0 Å². The molecule has 1 aliphatic rings. The van der Waals surface area contributed by atoms with Crippen LogP contribution in [0.25, 0.3) is 28.0 Å². The summed E-state index contributed by atoms with van der Waals surface area (Å²) in [5.74, 6) is -0.634. The number of nitriles is 1. The fraction of sp³-hybridized carbons (Fsp3) is 0.345. The van der Waals surface area contributed by atoms with Crippen molar-refractivity contribution >= 4 is 22.8 Å². The van der Waals surface area contributed by atoms with Crippen molar-refractivity contribution in [1.82, 2.24) is 24.4 Å². The Morgan fingerprint density at radius 3 is 2.32 bits per heavy atom. The lowest BCUT2D eigenvalue weighted by atomic mass is 9.96. The summed E-state index contributed by atoms with van der Waals surface area (Å²) in [6.07, 6.45) is -9.80. The highest BCUT2D eigenvalue weighted by atomic mass is 19.4. The molecule has 1 fully saturated rings. The number of anilines is 1. The minimum Gasteiger partial charge on any atom is -0.373 e. The van der Waals surface area contributed by atoms with Crippen LogP contribution in [-0.2, 0) is 4.79 Å². The highest BCUT2D eigenvalue weighted by Crippen LogP contribution is 2.46. The third-order valence-corrected chi connectivity index (χ3v) is 7.69. The molecule has 44 heavy (non-hydrogen) atoms. The largest absolute Gasteiger partial charge is 0.426 e. The Labute approximate surface area is 247 Å². The van der Waals surface area contributed by atoms with Crippen LogP contribution in [0.2, 0.25) is 0 Å². The smallest absolute Gasteiger partial charge is 0.373 e. The van der Waals surface area contributed by atoms with E-state index in [0.717, 1.165) is 10.5 Å². The number of carbonyl (C=O) groups excluding carboxylic acids is 1. The zero-order valence-electron chi connectivity index (χ0n) is 23.3. The first-order valence-corrected chi connectivity index (χ1v) is 13.4. The van der Waals surface area contributed by atoms with Crippen molar-refractivity contribution in [2.24, 2.45) is 0 Å². The maximum absolute atomic E-state index is 13.3. The van der Waals surface area contributed by atoms with E-state index in [4.69, 9.17) is 0 Å². The van der Waals surface area contributed by atoms with E-state index in [2.05, 4.69) is 21.0 Å². The molecule has 9 nitrogen and oxygen atoms in total. The van der Waals surface area contributed by atoms with Crippen molar-refractivity contribution in [3.63, 3.8) is 0 Å². The number of hydrogen-bond donors (Lipinski definition) is 1. The van der Waals surface area contributed by atoms with Gasteiger partial charge in [0.1, 0.15) is 18.0 Å². The summed E-state index contributed by atoms with van der Waals surface area (Å²) < 4.78 is 81.5. The van der Waals surface area contributed by atoms with Gasteiger partial charge in [0.2, 0.25) is 5.91 Å². The van der Waals surface area contributed by atoms with Crippen LogP contribution >= 0.6 is 0 Å². The molecule has 4 aromatic rings. The first-order valence-electron chi connectivity index (χ1n) is 13.4. The maximum Gasteiger partial charge on any atom is 0.426 e. The van der Waals surface area contributed by atoms with E-state index in [1.54, 1.807) is 29.8 Å². The van der Waals surface area contributed by atoms with Crippen molar-refractivity contribution < 1.29 is 36.2 Å². The quantitative estimate of drug-likeness (QED) is 0.313. The molecule has 230 valence electrons. The number of piperazine rings is 1. The fourth-order valence-corrected chi connectivity index (χ4v) is 5.35. The Balaban J connectivity index is 1.54. The van der Waals surface area contributed by atoms with E-state index in [1.807, 2.05) is 35.2 Å². The number of aromatic nitrogens is 4. The van der Waals surface area contributed by atoms with Crippen LogP contribution in [0, 0.1) is 11.3 Å². The normalized spacial score (nSPS) is 18.0. The zero-order valence-corrected chi connectivity index (χ0v) is 23.3. The average Bonchev–Trinajstić information content (AvgIpc) is 3.37. The van der Waals surface area contributed by atoms with Gasteiger partial charge >= 0.3 is 12.4 Å². The van der Waals surface area contributed by atoms with Gasteiger partial charge < -0.3 is 14.9 Å². The Morgan fingerprint density at radius 2 is 1.68 bits per heavy atom. The lowest BCUT2D eigenvalue weighted by molar-refractivity contribution is -0.367. The van der Waals surface area contributed by atoms with Crippen LogP contribution < -0.4 is 4.90 Å². The number of halogens is 6. The van der Waals surface area contributed by atoms with E-state index in [0.29, 0.717) is 33.8 Å². The highest BCUT2D eigenvalue weighted by Gasteiger charge is 2.71. The van der Waals surface area contributed by atoms with Crippen LogP contribution in [0.4, 0.5) is 32.2 Å². The van der Waals surface area contributed by atoms with Gasteiger partial charge in [0, 0.05) is 43.1 Å². The Kier molecular flexibility index (Phi) is 7.75. The first kappa shape index (κ1) is 30.7. The average molecular weight is 618 g/mol. The predicted octanol–water partition coefficient (Wildman–Crippen LogP) is 5.03. The van der Waals surface area contributed by atoms with Crippen molar-refractivity contribution in [2.45, 2.75) is 50.3 Å². The number of rotatable bonds is 5. The van der Waals surface area contributed by atoms with E-state index in [9.17, 15) is 41.5 Å². The van der Waals surface area contributed by atoms with Gasteiger partial charge in [-0.3, -0.25) is 9.36 Å². The topological polar surface area (TPSA) is 111 Å². The molecular formula is C29H25F6N7O2. The molecule has 1 amide bonds. The third-order valence-electron chi connectivity index (χ3n) is 7.69. The molecular weight excluding hydrogens is 592 g/mol. The molecule has 0 bridgehead atoms. The molecule has 3 aromatic heterocycles. The molecule has 1 N–H and O–H groups in total. The molecule has 0 spiro atoms. The van der Waals surface area contributed by atoms with Gasteiger partial charge in [-0.25, -0.2) is 15.0 Å². The highest BCUT2D eigenvalue weighted by molar-refractivity contribution is 6.02. The fourth-order valence-electron chi connectivity index (χ4n) is 5.35. The Hall–Kier alpha value is -4.71. The molecule has 1 saturated heterocycles.